The van der Waals surface area contributed by atoms with E-state index in [9.17, 15) is 0 Å². The van der Waals surface area contributed by atoms with Gasteiger partial charge in [-0.3, -0.25) is 4.90 Å². The number of anilines is 1. The van der Waals surface area contributed by atoms with Crippen LogP contribution in [0.5, 0.6) is 0 Å². The molecule has 2 heterocycles. The third-order valence-electron chi connectivity index (χ3n) is 5.52. The van der Waals surface area contributed by atoms with Crippen LogP contribution in [0.2, 0.25) is 0 Å². The van der Waals surface area contributed by atoms with Crippen molar-refractivity contribution in [2.45, 2.75) is 51.1 Å². The third-order valence-corrected chi connectivity index (χ3v) is 5.52. The summed E-state index contributed by atoms with van der Waals surface area (Å²) in [4.78, 5) is 9.54. The minimum atomic E-state index is 0.398. The van der Waals surface area contributed by atoms with Crippen molar-refractivity contribution < 1.29 is 0 Å². The van der Waals surface area contributed by atoms with Crippen LogP contribution in [0.1, 0.15) is 44.6 Å². The third kappa shape index (κ3) is 3.28. The van der Waals surface area contributed by atoms with E-state index in [1.807, 2.05) is 0 Å². The van der Waals surface area contributed by atoms with Crippen LogP contribution in [0.4, 0.5) is 5.82 Å². The lowest BCUT2D eigenvalue weighted by molar-refractivity contribution is 0.0208. The lowest BCUT2D eigenvalue weighted by Gasteiger charge is -2.50. The molecule has 2 aliphatic rings. The van der Waals surface area contributed by atoms with Gasteiger partial charge in [0.1, 0.15) is 5.82 Å². The summed E-state index contributed by atoms with van der Waals surface area (Å²) in [5.74, 6) is 1.07. The maximum absolute atomic E-state index is 4.63. The average molecular weight is 302 g/mol. The SMILES string of the molecule is CCN(C)c1ccc(CN2CCNCC23CCCCC3)cn1. The number of pyridine rings is 1. The molecule has 1 aromatic heterocycles. The van der Waals surface area contributed by atoms with Gasteiger partial charge in [-0.25, -0.2) is 4.98 Å². The molecule has 0 unspecified atom stereocenters. The molecule has 2 fully saturated rings. The summed E-state index contributed by atoms with van der Waals surface area (Å²) in [5.41, 5.74) is 1.75. The molecule has 3 rings (SSSR count). The molecule has 1 N–H and O–H groups in total. The van der Waals surface area contributed by atoms with Crippen molar-refractivity contribution in [2.75, 3.05) is 38.1 Å². The highest BCUT2D eigenvalue weighted by Gasteiger charge is 2.39. The van der Waals surface area contributed by atoms with Crippen molar-refractivity contribution in [2.24, 2.45) is 0 Å². The summed E-state index contributed by atoms with van der Waals surface area (Å²) < 4.78 is 0. The lowest BCUT2D eigenvalue weighted by Crippen LogP contribution is -2.61. The predicted molar refractivity (Wildman–Crippen MR) is 92.3 cm³/mol. The van der Waals surface area contributed by atoms with E-state index in [0.717, 1.165) is 38.5 Å². The first-order valence-electron chi connectivity index (χ1n) is 8.85. The molecule has 22 heavy (non-hydrogen) atoms. The van der Waals surface area contributed by atoms with Crippen LogP contribution >= 0.6 is 0 Å². The number of rotatable bonds is 4. The smallest absolute Gasteiger partial charge is 0.128 e. The molecule has 0 amide bonds. The van der Waals surface area contributed by atoms with Crippen molar-refractivity contribution in [1.29, 1.82) is 0 Å². The van der Waals surface area contributed by atoms with Crippen LogP contribution in [-0.4, -0.2) is 48.6 Å². The van der Waals surface area contributed by atoms with E-state index in [-0.39, 0.29) is 0 Å². The standard InChI is InChI=1S/C18H30N4/c1-3-21(2)17-8-7-16(13-20-17)14-22-12-11-19-15-18(22)9-5-4-6-10-18/h7-8,13,19H,3-6,9-12,14-15H2,1-2H3. The molecule has 4 heteroatoms. The zero-order valence-electron chi connectivity index (χ0n) is 14.1. The molecule has 1 aromatic rings. The second-order valence-electron chi connectivity index (χ2n) is 6.92. The first-order valence-corrected chi connectivity index (χ1v) is 8.85. The maximum Gasteiger partial charge on any atom is 0.128 e. The van der Waals surface area contributed by atoms with Gasteiger partial charge in [0.2, 0.25) is 0 Å². The molecule has 0 bridgehead atoms. The molecule has 1 saturated carbocycles. The Labute approximate surface area is 134 Å². The number of aromatic nitrogens is 1. The average Bonchev–Trinajstić information content (AvgIpc) is 2.58. The molecule has 1 spiro atoms. The number of hydrogen-bond acceptors (Lipinski definition) is 4. The minimum absolute atomic E-state index is 0.398. The van der Waals surface area contributed by atoms with Crippen LogP contribution in [0.15, 0.2) is 18.3 Å². The summed E-state index contributed by atoms with van der Waals surface area (Å²) in [6.07, 6.45) is 8.96. The van der Waals surface area contributed by atoms with E-state index in [2.05, 4.69) is 52.4 Å². The van der Waals surface area contributed by atoms with Crippen molar-refractivity contribution >= 4 is 5.82 Å². The van der Waals surface area contributed by atoms with Crippen LogP contribution in [0.3, 0.4) is 0 Å². The van der Waals surface area contributed by atoms with Gasteiger partial charge >= 0.3 is 0 Å². The van der Waals surface area contributed by atoms with Gasteiger partial charge in [0, 0.05) is 51.5 Å². The van der Waals surface area contributed by atoms with Crippen molar-refractivity contribution in [1.82, 2.24) is 15.2 Å². The number of nitrogens with zero attached hydrogens (tertiary/aromatic N) is 3. The number of piperazine rings is 1. The van der Waals surface area contributed by atoms with E-state index in [0.29, 0.717) is 5.54 Å². The molecule has 1 aliphatic carbocycles. The van der Waals surface area contributed by atoms with Crippen molar-refractivity contribution in [3.63, 3.8) is 0 Å². The van der Waals surface area contributed by atoms with E-state index in [1.54, 1.807) is 0 Å². The Balaban J connectivity index is 1.70. The molecular weight excluding hydrogens is 272 g/mol. The maximum atomic E-state index is 4.63. The fraction of sp³-hybridized carbons (Fsp3) is 0.722. The highest BCUT2D eigenvalue weighted by molar-refractivity contribution is 5.38. The second kappa shape index (κ2) is 6.97. The summed E-state index contributed by atoms with van der Waals surface area (Å²) >= 11 is 0. The lowest BCUT2D eigenvalue weighted by atomic mass is 9.79. The molecule has 0 atom stereocenters. The van der Waals surface area contributed by atoms with Gasteiger partial charge in [0.05, 0.1) is 0 Å². The van der Waals surface area contributed by atoms with Gasteiger partial charge < -0.3 is 10.2 Å². The Hall–Kier alpha value is -1.13. The number of nitrogens with one attached hydrogen (secondary N) is 1. The van der Waals surface area contributed by atoms with E-state index in [4.69, 9.17) is 0 Å². The van der Waals surface area contributed by atoms with Crippen molar-refractivity contribution in [3.8, 4) is 0 Å². The molecule has 4 nitrogen and oxygen atoms in total. The molecular formula is C18H30N4. The van der Waals surface area contributed by atoms with Crippen LogP contribution in [0, 0.1) is 0 Å². The predicted octanol–water partition coefficient (Wildman–Crippen LogP) is 2.65. The van der Waals surface area contributed by atoms with Gasteiger partial charge in [-0.05, 0) is 31.4 Å². The molecule has 1 saturated heterocycles. The summed E-state index contributed by atoms with van der Waals surface area (Å²) in [6.45, 7) is 7.64. The topological polar surface area (TPSA) is 31.4 Å². The Morgan fingerprint density at radius 3 is 2.77 bits per heavy atom. The normalized spacial score (nSPS) is 21.9. The Morgan fingerprint density at radius 1 is 1.27 bits per heavy atom. The van der Waals surface area contributed by atoms with Crippen LogP contribution in [-0.2, 0) is 6.54 Å². The van der Waals surface area contributed by atoms with E-state index >= 15 is 0 Å². The summed E-state index contributed by atoms with van der Waals surface area (Å²) in [7, 11) is 2.09. The van der Waals surface area contributed by atoms with Crippen molar-refractivity contribution in [3.05, 3.63) is 23.9 Å². The highest BCUT2D eigenvalue weighted by atomic mass is 15.3. The largest absolute Gasteiger partial charge is 0.360 e. The van der Waals surface area contributed by atoms with Crippen LogP contribution < -0.4 is 10.2 Å². The fourth-order valence-corrected chi connectivity index (χ4v) is 3.95. The van der Waals surface area contributed by atoms with Gasteiger partial charge in [-0.1, -0.05) is 25.3 Å². The Bertz CT molecular complexity index is 456. The summed E-state index contributed by atoms with van der Waals surface area (Å²) in [6, 6.07) is 4.42. The zero-order chi connectivity index (χ0) is 15.4. The number of hydrogen-bond donors (Lipinski definition) is 1. The second-order valence-corrected chi connectivity index (χ2v) is 6.92. The zero-order valence-corrected chi connectivity index (χ0v) is 14.1. The van der Waals surface area contributed by atoms with Gasteiger partial charge in [0.15, 0.2) is 0 Å². The quantitative estimate of drug-likeness (QED) is 0.926. The Morgan fingerprint density at radius 2 is 2.09 bits per heavy atom. The highest BCUT2D eigenvalue weighted by Crippen LogP contribution is 2.35. The monoisotopic (exact) mass is 302 g/mol. The summed E-state index contributed by atoms with van der Waals surface area (Å²) in [5, 5.41) is 3.63. The van der Waals surface area contributed by atoms with E-state index in [1.165, 1.54) is 37.7 Å². The van der Waals surface area contributed by atoms with Gasteiger partial charge in [-0.2, -0.15) is 0 Å². The van der Waals surface area contributed by atoms with Gasteiger partial charge in [-0.15, -0.1) is 0 Å². The molecule has 0 radical (unpaired) electrons. The van der Waals surface area contributed by atoms with Gasteiger partial charge in [0.25, 0.3) is 0 Å². The Kier molecular flexibility index (Phi) is 4.99. The fourth-order valence-electron chi connectivity index (χ4n) is 3.95. The molecule has 0 aromatic carbocycles. The molecule has 122 valence electrons. The first kappa shape index (κ1) is 15.8. The first-order chi connectivity index (χ1) is 10.7. The minimum Gasteiger partial charge on any atom is -0.360 e. The molecule has 1 aliphatic heterocycles. The van der Waals surface area contributed by atoms with Crippen LogP contribution in [0.25, 0.3) is 0 Å². The van der Waals surface area contributed by atoms with E-state index < -0.39 is 0 Å².